The zero-order valence-corrected chi connectivity index (χ0v) is 11.6. The van der Waals surface area contributed by atoms with E-state index in [0.29, 0.717) is 12.5 Å². The third kappa shape index (κ3) is 3.27. The Kier molecular flexibility index (Phi) is 3.93. The van der Waals surface area contributed by atoms with Crippen molar-refractivity contribution >= 4 is 21.9 Å². The second-order valence-electron chi connectivity index (χ2n) is 4.22. The molecule has 4 nitrogen and oxygen atoms in total. The number of aliphatic hydroxyl groups is 1. The highest BCUT2D eigenvalue weighted by molar-refractivity contribution is 9.10. The highest BCUT2D eigenvalue weighted by atomic mass is 79.9. The van der Waals surface area contributed by atoms with Crippen molar-refractivity contribution in [1.82, 2.24) is 9.97 Å². The van der Waals surface area contributed by atoms with Gasteiger partial charge in [-0.25, -0.2) is 9.97 Å². The molecule has 1 aromatic heterocycles. The van der Waals surface area contributed by atoms with Crippen LogP contribution in [0.3, 0.4) is 0 Å². The number of nitrogens with one attached hydrogen (secondary N) is 1. The van der Waals surface area contributed by atoms with Gasteiger partial charge in [-0.3, -0.25) is 0 Å². The predicted octanol–water partition coefficient (Wildman–Crippen LogP) is 2.56. The van der Waals surface area contributed by atoms with Gasteiger partial charge in [-0.05, 0) is 28.4 Å². The molecule has 2 N–H and O–H groups in total. The summed E-state index contributed by atoms with van der Waals surface area (Å²) in [5.74, 6) is 0.495. The molecule has 0 spiro atoms. The van der Waals surface area contributed by atoms with E-state index in [1.807, 2.05) is 30.3 Å². The maximum absolute atomic E-state index is 10.4. The molecule has 0 saturated carbocycles. The molecule has 2 aromatic rings. The Bertz CT molecular complexity index is 499. The molecule has 0 aliphatic carbocycles. The highest BCUT2D eigenvalue weighted by Crippen LogP contribution is 2.20. The molecule has 0 fully saturated rings. The summed E-state index contributed by atoms with van der Waals surface area (Å²) in [6, 6.07) is 9.51. The van der Waals surface area contributed by atoms with Gasteiger partial charge >= 0.3 is 0 Å². The van der Waals surface area contributed by atoms with E-state index in [9.17, 15) is 5.11 Å². The molecule has 0 saturated heterocycles. The average Bonchev–Trinajstić information content (AvgIpc) is 2.39. The fraction of sp³-hybridized carbons (Fsp3) is 0.231. The molecule has 1 atom stereocenters. The largest absolute Gasteiger partial charge is 0.384 e. The normalized spacial score (nSPS) is 13.9. The van der Waals surface area contributed by atoms with Crippen molar-refractivity contribution in [3.05, 3.63) is 52.8 Å². The van der Waals surface area contributed by atoms with Crippen LogP contribution in [0.1, 0.15) is 12.5 Å². The Morgan fingerprint density at radius 3 is 2.44 bits per heavy atom. The van der Waals surface area contributed by atoms with Crippen LogP contribution in [0.4, 0.5) is 5.95 Å². The first-order valence-corrected chi connectivity index (χ1v) is 6.36. The van der Waals surface area contributed by atoms with E-state index in [4.69, 9.17) is 0 Å². The number of hydrogen-bond acceptors (Lipinski definition) is 4. The van der Waals surface area contributed by atoms with Crippen molar-refractivity contribution in [2.45, 2.75) is 12.5 Å². The molecule has 1 aromatic carbocycles. The lowest BCUT2D eigenvalue weighted by molar-refractivity contribution is 0.0713. The van der Waals surface area contributed by atoms with Crippen LogP contribution in [-0.2, 0) is 5.60 Å². The summed E-state index contributed by atoms with van der Waals surface area (Å²) in [6.45, 7) is 2.10. The molecular formula is C13H14BrN3O. The summed E-state index contributed by atoms with van der Waals surface area (Å²) in [5, 5.41) is 13.4. The van der Waals surface area contributed by atoms with Gasteiger partial charge in [0.25, 0.3) is 0 Å². The summed E-state index contributed by atoms with van der Waals surface area (Å²) in [7, 11) is 0. The molecule has 0 unspecified atom stereocenters. The molecule has 2 rings (SSSR count). The predicted molar refractivity (Wildman–Crippen MR) is 74.2 cm³/mol. The number of nitrogens with zero attached hydrogens (tertiary/aromatic N) is 2. The van der Waals surface area contributed by atoms with Crippen LogP contribution in [0.2, 0.25) is 0 Å². The van der Waals surface area contributed by atoms with Crippen LogP contribution in [0.25, 0.3) is 0 Å². The van der Waals surface area contributed by atoms with Crippen LogP contribution >= 0.6 is 15.9 Å². The van der Waals surface area contributed by atoms with Crippen molar-refractivity contribution in [2.75, 3.05) is 11.9 Å². The topological polar surface area (TPSA) is 58.0 Å². The summed E-state index contributed by atoms with van der Waals surface area (Å²) in [4.78, 5) is 8.19. The van der Waals surface area contributed by atoms with Gasteiger partial charge in [-0.15, -0.1) is 0 Å². The molecule has 0 radical (unpaired) electrons. The van der Waals surface area contributed by atoms with Gasteiger partial charge in [0.1, 0.15) is 5.60 Å². The molecular weight excluding hydrogens is 294 g/mol. The average molecular weight is 308 g/mol. The summed E-state index contributed by atoms with van der Waals surface area (Å²) in [6.07, 6.45) is 3.32. The molecule has 18 heavy (non-hydrogen) atoms. The number of halogens is 1. The molecule has 5 heteroatoms. The molecule has 1 heterocycles. The van der Waals surface area contributed by atoms with Crippen molar-refractivity contribution < 1.29 is 5.11 Å². The zero-order valence-electron chi connectivity index (χ0n) is 9.97. The van der Waals surface area contributed by atoms with E-state index in [0.717, 1.165) is 10.0 Å². The van der Waals surface area contributed by atoms with Crippen molar-refractivity contribution in [3.63, 3.8) is 0 Å². The van der Waals surface area contributed by atoms with Gasteiger partial charge < -0.3 is 10.4 Å². The Morgan fingerprint density at radius 2 is 1.83 bits per heavy atom. The minimum Gasteiger partial charge on any atom is -0.384 e. The van der Waals surface area contributed by atoms with E-state index in [1.54, 1.807) is 19.3 Å². The quantitative estimate of drug-likeness (QED) is 0.911. The maximum Gasteiger partial charge on any atom is 0.222 e. The van der Waals surface area contributed by atoms with Gasteiger partial charge in [0.2, 0.25) is 5.95 Å². The third-order valence-corrected chi connectivity index (χ3v) is 3.02. The SMILES string of the molecule is C[C@](O)(CNc1ncc(Br)cn1)c1ccccc1. The Hall–Kier alpha value is -1.46. The van der Waals surface area contributed by atoms with Gasteiger partial charge in [-0.2, -0.15) is 0 Å². The van der Waals surface area contributed by atoms with Gasteiger partial charge in [-0.1, -0.05) is 30.3 Å². The Morgan fingerprint density at radius 1 is 1.22 bits per heavy atom. The van der Waals surface area contributed by atoms with Crippen LogP contribution < -0.4 is 5.32 Å². The Labute approximate surface area is 114 Å². The molecule has 94 valence electrons. The molecule has 0 aliphatic rings. The minimum atomic E-state index is -0.961. The number of aromatic nitrogens is 2. The Balaban J connectivity index is 2.03. The van der Waals surface area contributed by atoms with Gasteiger partial charge in [0.15, 0.2) is 0 Å². The zero-order chi connectivity index (χ0) is 13.0. The van der Waals surface area contributed by atoms with E-state index in [1.165, 1.54) is 0 Å². The first kappa shape index (κ1) is 13.0. The van der Waals surface area contributed by atoms with Gasteiger partial charge in [0, 0.05) is 12.4 Å². The van der Waals surface area contributed by atoms with Crippen LogP contribution in [0, 0.1) is 0 Å². The van der Waals surface area contributed by atoms with Crippen LogP contribution in [0.5, 0.6) is 0 Å². The number of benzene rings is 1. The standard InChI is InChI=1S/C13H14BrN3O/c1-13(18,10-5-3-2-4-6-10)9-17-12-15-7-11(14)8-16-12/h2-8,18H,9H2,1H3,(H,15,16,17)/t13-/m0/s1. The first-order chi connectivity index (χ1) is 8.58. The number of anilines is 1. The van der Waals surface area contributed by atoms with Crippen LogP contribution in [-0.4, -0.2) is 21.6 Å². The molecule has 0 bridgehead atoms. The maximum atomic E-state index is 10.4. The monoisotopic (exact) mass is 307 g/mol. The lowest BCUT2D eigenvalue weighted by atomic mass is 9.96. The second kappa shape index (κ2) is 5.46. The minimum absolute atomic E-state index is 0.346. The van der Waals surface area contributed by atoms with E-state index >= 15 is 0 Å². The lowest BCUT2D eigenvalue weighted by Crippen LogP contribution is -2.31. The fourth-order valence-corrected chi connectivity index (χ4v) is 1.76. The summed E-state index contributed by atoms with van der Waals surface area (Å²) >= 11 is 3.27. The number of hydrogen-bond donors (Lipinski definition) is 2. The molecule has 0 amide bonds. The third-order valence-electron chi connectivity index (χ3n) is 2.61. The summed E-state index contributed by atoms with van der Waals surface area (Å²) < 4.78 is 0.822. The second-order valence-corrected chi connectivity index (χ2v) is 5.13. The van der Waals surface area contributed by atoms with E-state index in [-0.39, 0.29) is 0 Å². The lowest BCUT2D eigenvalue weighted by Gasteiger charge is -2.24. The van der Waals surface area contributed by atoms with Gasteiger partial charge in [0.05, 0.1) is 11.0 Å². The van der Waals surface area contributed by atoms with Crippen molar-refractivity contribution in [1.29, 1.82) is 0 Å². The first-order valence-electron chi connectivity index (χ1n) is 5.57. The van der Waals surface area contributed by atoms with E-state index < -0.39 is 5.60 Å². The highest BCUT2D eigenvalue weighted by Gasteiger charge is 2.22. The van der Waals surface area contributed by atoms with Crippen molar-refractivity contribution in [3.8, 4) is 0 Å². The summed E-state index contributed by atoms with van der Waals surface area (Å²) in [5.41, 5.74) is -0.104. The fourth-order valence-electron chi connectivity index (χ4n) is 1.55. The molecule has 0 aliphatic heterocycles. The van der Waals surface area contributed by atoms with Crippen LogP contribution in [0.15, 0.2) is 47.2 Å². The number of rotatable bonds is 4. The van der Waals surface area contributed by atoms with E-state index in [2.05, 4.69) is 31.2 Å². The van der Waals surface area contributed by atoms with Crippen molar-refractivity contribution in [2.24, 2.45) is 0 Å². The smallest absolute Gasteiger partial charge is 0.222 e.